The van der Waals surface area contributed by atoms with Crippen molar-refractivity contribution in [3.63, 3.8) is 0 Å². The van der Waals surface area contributed by atoms with E-state index >= 15 is 0 Å². The fourth-order valence-electron chi connectivity index (χ4n) is 2.30. The molecular weight excluding hydrogens is 284 g/mol. The molecule has 0 aliphatic carbocycles. The summed E-state index contributed by atoms with van der Waals surface area (Å²) >= 11 is 1.55. The lowest BCUT2D eigenvalue weighted by molar-refractivity contribution is 0.230. The van der Waals surface area contributed by atoms with Crippen LogP contribution in [0.2, 0.25) is 0 Å². The van der Waals surface area contributed by atoms with Crippen LogP contribution in [0.1, 0.15) is 36.6 Å². The maximum absolute atomic E-state index is 12.1. The highest BCUT2D eigenvalue weighted by atomic mass is 32.2. The summed E-state index contributed by atoms with van der Waals surface area (Å²) in [4.78, 5) is 12.1. The van der Waals surface area contributed by atoms with Crippen molar-refractivity contribution in [1.82, 2.24) is 10.6 Å². The molecule has 21 heavy (non-hydrogen) atoms. The minimum absolute atomic E-state index is 0.00626. The Kier molecular flexibility index (Phi) is 7.05. The molecule has 0 bridgehead atoms. The predicted octanol–water partition coefficient (Wildman–Crippen LogP) is 2.78. The van der Waals surface area contributed by atoms with E-state index in [2.05, 4.69) is 30.5 Å². The smallest absolute Gasteiger partial charge is 0.315 e. The van der Waals surface area contributed by atoms with Gasteiger partial charge in [0.2, 0.25) is 0 Å². The van der Waals surface area contributed by atoms with Gasteiger partial charge >= 0.3 is 6.03 Å². The van der Waals surface area contributed by atoms with Crippen LogP contribution in [0, 0.1) is 13.8 Å². The minimum atomic E-state index is -0.205. The number of thioether (sulfide) groups is 1. The van der Waals surface area contributed by atoms with Crippen LogP contribution in [-0.4, -0.2) is 35.3 Å². The molecule has 0 aliphatic rings. The first-order valence-electron chi connectivity index (χ1n) is 7.17. The summed E-state index contributed by atoms with van der Waals surface area (Å²) in [5, 5.41) is 15.1. The van der Waals surface area contributed by atoms with Crippen LogP contribution in [0.4, 0.5) is 4.79 Å². The number of carbonyl (C=O) groups excluding carboxylic acids is 1. The highest BCUT2D eigenvalue weighted by molar-refractivity contribution is 7.99. The molecule has 0 fully saturated rings. The summed E-state index contributed by atoms with van der Waals surface area (Å²) in [5.41, 5.74) is 3.55. The molecule has 1 aromatic carbocycles. The molecule has 1 aromatic rings. The molecule has 0 aliphatic heterocycles. The quantitative estimate of drug-likeness (QED) is 0.757. The molecule has 0 aromatic heterocycles. The number of urea groups is 1. The van der Waals surface area contributed by atoms with Crippen molar-refractivity contribution in [2.45, 2.75) is 45.0 Å². The molecule has 2 amide bonds. The Bertz CT molecular complexity index is 475. The number of hydrogen-bond donors (Lipinski definition) is 3. The molecular formula is C16H26N2O2S. The normalized spacial score (nSPS) is 15.1. The van der Waals surface area contributed by atoms with Gasteiger partial charge in [-0.05, 0) is 50.6 Å². The molecule has 0 radical (unpaired) electrons. The van der Waals surface area contributed by atoms with Gasteiger partial charge in [0.15, 0.2) is 0 Å². The lowest BCUT2D eigenvalue weighted by Gasteiger charge is -2.23. The molecule has 3 N–H and O–H groups in total. The zero-order chi connectivity index (χ0) is 16.0. The van der Waals surface area contributed by atoms with Crippen molar-refractivity contribution in [2.24, 2.45) is 0 Å². The van der Waals surface area contributed by atoms with Crippen LogP contribution in [0.15, 0.2) is 18.2 Å². The maximum Gasteiger partial charge on any atom is 0.315 e. The first-order chi connectivity index (χ1) is 9.90. The monoisotopic (exact) mass is 310 g/mol. The van der Waals surface area contributed by atoms with Crippen LogP contribution < -0.4 is 10.6 Å². The van der Waals surface area contributed by atoms with E-state index in [-0.39, 0.29) is 30.0 Å². The van der Waals surface area contributed by atoms with Crippen molar-refractivity contribution < 1.29 is 9.90 Å². The lowest BCUT2D eigenvalue weighted by Crippen LogP contribution is -2.46. The number of benzene rings is 1. The third-order valence-corrected chi connectivity index (χ3v) is 5.02. The number of amides is 2. The van der Waals surface area contributed by atoms with E-state index in [0.29, 0.717) is 0 Å². The van der Waals surface area contributed by atoms with Crippen molar-refractivity contribution in [2.75, 3.05) is 12.9 Å². The average Bonchev–Trinajstić information content (AvgIpc) is 2.42. The second kappa shape index (κ2) is 8.29. The summed E-state index contributed by atoms with van der Waals surface area (Å²) < 4.78 is 0. The first-order valence-corrected chi connectivity index (χ1v) is 8.46. The summed E-state index contributed by atoms with van der Waals surface area (Å²) in [7, 11) is 0. The molecule has 0 spiro atoms. The van der Waals surface area contributed by atoms with E-state index in [4.69, 9.17) is 0 Å². The Morgan fingerprint density at radius 3 is 2.52 bits per heavy atom. The van der Waals surface area contributed by atoms with Crippen molar-refractivity contribution in [1.29, 1.82) is 0 Å². The minimum Gasteiger partial charge on any atom is -0.395 e. The van der Waals surface area contributed by atoms with Gasteiger partial charge in [-0.15, -0.1) is 0 Å². The lowest BCUT2D eigenvalue weighted by atomic mass is 9.98. The summed E-state index contributed by atoms with van der Waals surface area (Å²) in [6, 6.07) is 5.76. The van der Waals surface area contributed by atoms with Crippen LogP contribution >= 0.6 is 11.8 Å². The van der Waals surface area contributed by atoms with E-state index in [9.17, 15) is 9.90 Å². The maximum atomic E-state index is 12.1. The van der Waals surface area contributed by atoms with Gasteiger partial charge in [0.05, 0.1) is 12.6 Å². The van der Waals surface area contributed by atoms with Crippen LogP contribution in [0.5, 0.6) is 0 Å². The molecule has 1 rings (SSSR count). The topological polar surface area (TPSA) is 61.4 Å². The second-order valence-electron chi connectivity index (χ2n) is 5.37. The Hall–Kier alpha value is -1.20. The van der Waals surface area contributed by atoms with Gasteiger partial charge < -0.3 is 15.7 Å². The van der Waals surface area contributed by atoms with Crippen molar-refractivity contribution in [3.8, 4) is 0 Å². The van der Waals surface area contributed by atoms with Gasteiger partial charge in [0.1, 0.15) is 0 Å². The number of rotatable bonds is 6. The largest absolute Gasteiger partial charge is 0.395 e. The van der Waals surface area contributed by atoms with Gasteiger partial charge in [-0.1, -0.05) is 18.2 Å². The van der Waals surface area contributed by atoms with E-state index in [1.165, 1.54) is 11.1 Å². The zero-order valence-electron chi connectivity index (χ0n) is 13.4. The molecule has 0 saturated heterocycles. The number of aliphatic hydroxyl groups excluding tert-OH is 1. The Balaban J connectivity index is 2.64. The van der Waals surface area contributed by atoms with E-state index < -0.39 is 0 Å². The van der Waals surface area contributed by atoms with Crippen LogP contribution in [0.3, 0.4) is 0 Å². The van der Waals surface area contributed by atoms with E-state index in [1.807, 2.05) is 32.2 Å². The van der Waals surface area contributed by atoms with E-state index in [1.54, 1.807) is 11.8 Å². The number of hydrogen-bond acceptors (Lipinski definition) is 3. The van der Waals surface area contributed by atoms with Gasteiger partial charge in [0, 0.05) is 11.3 Å². The Labute approximate surface area is 131 Å². The number of carbonyl (C=O) groups is 1. The molecule has 118 valence electrons. The van der Waals surface area contributed by atoms with Gasteiger partial charge in [-0.2, -0.15) is 11.8 Å². The Morgan fingerprint density at radius 1 is 1.29 bits per heavy atom. The highest BCUT2D eigenvalue weighted by Crippen LogP contribution is 2.20. The zero-order valence-corrected chi connectivity index (χ0v) is 14.3. The predicted molar refractivity (Wildman–Crippen MR) is 89.8 cm³/mol. The van der Waals surface area contributed by atoms with Crippen molar-refractivity contribution in [3.05, 3.63) is 34.9 Å². The van der Waals surface area contributed by atoms with Crippen LogP contribution in [-0.2, 0) is 0 Å². The molecule has 0 saturated carbocycles. The molecule has 3 unspecified atom stereocenters. The highest BCUT2D eigenvalue weighted by Gasteiger charge is 2.19. The SMILES string of the molecule is CSC(CO)C(C)NC(=O)NC(C)c1cccc(C)c1C. The number of aliphatic hydroxyl groups is 1. The summed E-state index contributed by atoms with van der Waals surface area (Å²) in [6.07, 6.45) is 1.93. The Morgan fingerprint density at radius 2 is 1.95 bits per heavy atom. The third-order valence-electron chi connectivity index (χ3n) is 3.86. The summed E-state index contributed by atoms with van der Waals surface area (Å²) in [5.74, 6) is 0. The third kappa shape index (κ3) is 4.93. The van der Waals surface area contributed by atoms with Gasteiger partial charge in [-0.3, -0.25) is 0 Å². The number of aryl methyl sites for hydroxylation is 1. The van der Waals surface area contributed by atoms with Crippen LogP contribution in [0.25, 0.3) is 0 Å². The number of nitrogens with one attached hydrogen (secondary N) is 2. The standard InChI is InChI=1S/C16H26N2O2S/c1-10-7-6-8-14(11(10)2)12(3)17-16(20)18-13(4)15(9-19)21-5/h6-8,12-13,15,19H,9H2,1-5H3,(H2,17,18,20). The van der Waals surface area contributed by atoms with E-state index in [0.717, 1.165) is 5.56 Å². The molecule has 3 atom stereocenters. The molecule has 5 heteroatoms. The first kappa shape index (κ1) is 17.9. The van der Waals surface area contributed by atoms with Gasteiger partial charge in [0.25, 0.3) is 0 Å². The van der Waals surface area contributed by atoms with Crippen molar-refractivity contribution >= 4 is 17.8 Å². The molecule has 0 heterocycles. The fraction of sp³-hybridized carbons (Fsp3) is 0.562. The molecule has 4 nitrogen and oxygen atoms in total. The van der Waals surface area contributed by atoms with Gasteiger partial charge in [-0.25, -0.2) is 4.79 Å². The second-order valence-corrected chi connectivity index (χ2v) is 6.45. The fourth-order valence-corrected chi connectivity index (χ4v) is 2.92. The summed E-state index contributed by atoms with van der Waals surface area (Å²) in [6.45, 7) is 8.07. The average molecular weight is 310 g/mol.